The number of rotatable bonds is 3. The van der Waals surface area contributed by atoms with Gasteiger partial charge in [0.15, 0.2) is 0 Å². The lowest BCUT2D eigenvalue weighted by atomic mass is 9.88. The molecule has 2 N–H and O–H groups in total. The molecule has 0 aliphatic carbocycles. The molecule has 3 aliphatic heterocycles. The van der Waals surface area contributed by atoms with Crippen molar-refractivity contribution in [1.82, 2.24) is 10.2 Å². The Bertz CT molecular complexity index is 371. The highest BCUT2D eigenvalue weighted by Gasteiger charge is 2.45. The van der Waals surface area contributed by atoms with Crippen molar-refractivity contribution in [3.05, 3.63) is 0 Å². The number of amides is 1. The summed E-state index contributed by atoms with van der Waals surface area (Å²) in [5.41, 5.74) is 0. The summed E-state index contributed by atoms with van der Waals surface area (Å²) >= 11 is 0. The van der Waals surface area contributed by atoms with Crippen LogP contribution in [0.3, 0.4) is 0 Å². The average molecular weight is 252 g/mol. The molecule has 4 unspecified atom stereocenters. The van der Waals surface area contributed by atoms with Gasteiger partial charge in [-0.2, -0.15) is 0 Å². The number of carboxylic acids is 1. The molecule has 5 heteroatoms. The fourth-order valence-corrected chi connectivity index (χ4v) is 3.78. The van der Waals surface area contributed by atoms with E-state index in [4.69, 9.17) is 5.11 Å². The third kappa shape index (κ3) is 2.11. The van der Waals surface area contributed by atoms with Crippen LogP contribution < -0.4 is 5.32 Å². The maximum absolute atomic E-state index is 12.4. The molecule has 0 aromatic rings. The van der Waals surface area contributed by atoms with E-state index in [0.717, 1.165) is 25.8 Å². The minimum absolute atomic E-state index is 0.146. The smallest absolute Gasteiger partial charge is 0.303 e. The third-order valence-corrected chi connectivity index (χ3v) is 4.68. The second kappa shape index (κ2) is 4.53. The second-order valence-corrected chi connectivity index (χ2v) is 5.93. The van der Waals surface area contributed by atoms with Gasteiger partial charge in [0, 0.05) is 31.6 Å². The van der Waals surface area contributed by atoms with E-state index >= 15 is 0 Å². The van der Waals surface area contributed by atoms with Crippen molar-refractivity contribution in [3.8, 4) is 0 Å². The van der Waals surface area contributed by atoms with Crippen LogP contribution in [0.1, 0.15) is 32.1 Å². The Kier molecular flexibility index (Phi) is 3.01. The largest absolute Gasteiger partial charge is 0.481 e. The van der Waals surface area contributed by atoms with Crippen LogP contribution in [-0.2, 0) is 9.59 Å². The molecule has 0 saturated carbocycles. The topological polar surface area (TPSA) is 69.6 Å². The van der Waals surface area contributed by atoms with Gasteiger partial charge in [0.25, 0.3) is 0 Å². The van der Waals surface area contributed by atoms with Crippen molar-refractivity contribution in [1.29, 1.82) is 0 Å². The van der Waals surface area contributed by atoms with Crippen molar-refractivity contribution in [3.63, 3.8) is 0 Å². The molecule has 3 aliphatic rings. The molecule has 3 saturated heterocycles. The van der Waals surface area contributed by atoms with E-state index in [9.17, 15) is 9.59 Å². The normalized spacial score (nSPS) is 38.3. The number of carboxylic acid groups (broad SMARTS) is 1. The number of nitrogens with one attached hydrogen (secondary N) is 1. The predicted molar refractivity (Wildman–Crippen MR) is 65.0 cm³/mol. The monoisotopic (exact) mass is 252 g/mol. The quantitative estimate of drug-likeness (QED) is 0.765. The fourth-order valence-electron chi connectivity index (χ4n) is 3.78. The first-order chi connectivity index (χ1) is 8.63. The third-order valence-electron chi connectivity index (χ3n) is 4.68. The number of carbonyl (C=O) groups excluding carboxylic acids is 1. The number of likely N-dealkylation sites (tertiary alicyclic amines) is 1. The molecule has 4 atom stereocenters. The van der Waals surface area contributed by atoms with E-state index in [1.807, 2.05) is 4.90 Å². The second-order valence-electron chi connectivity index (χ2n) is 5.93. The van der Waals surface area contributed by atoms with Gasteiger partial charge in [0.05, 0.1) is 5.92 Å². The molecular formula is C13H20N2O3. The van der Waals surface area contributed by atoms with E-state index in [2.05, 4.69) is 5.32 Å². The van der Waals surface area contributed by atoms with Gasteiger partial charge in [0.1, 0.15) is 0 Å². The Balaban J connectivity index is 1.56. The maximum Gasteiger partial charge on any atom is 0.303 e. The van der Waals surface area contributed by atoms with E-state index in [1.165, 1.54) is 6.42 Å². The lowest BCUT2D eigenvalue weighted by Crippen LogP contribution is -2.39. The van der Waals surface area contributed by atoms with Gasteiger partial charge >= 0.3 is 5.97 Å². The highest BCUT2D eigenvalue weighted by molar-refractivity contribution is 5.80. The molecule has 0 aromatic heterocycles. The zero-order valence-corrected chi connectivity index (χ0v) is 10.5. The standard InChI is InChI=1S/C13H20N2O3/c16-12(17)5-8-3-4-15(7-8)13(18)10-6-9-1-2-11(10)14-9/h8-11,14H,1-7H2,(H,16,17). The van der Waals surface area contributed by atoms with Crippen LogP contribution in [0.2, 0.25) is 0 Å². The van der Waals surface area contributed by atoms with E-state index in [-0.39, 0.29) is 24.2 Å². The lowest BCUT2D eigenvalue weighted by molar-refractivity contribution is -0.139. The molecule has 3 heterocycles. The fraction of sp³-hybridized carbons (Fsp3) is 0.846. The van der Waals surface area contributed by atoms with Crippen LogP contribution in [0.25, 0.3) is 0 Å². The van der Waals surface area contributed by atoms with Gasteiger partial charge in [-0.05, 0) is 31.6 Å². The average Bonchev–Trinajstić information content (AvgIpc) is 3.01. The minimum Gasteiger partial charge on any atom is -0.481 e. The Hall–Kier alpha value is -1.10. The summed E-state index contributed by atoms with van der Waals surface area (Å²) in [4.78, 5) is 25.0. The summed E-state index contributed by atoms with van der Waals surface area (Å²) in [6, 6.07) is 0.919. The summed E-state index contributed by atoms with van der Waals surface area (Å²) in [6.45, 7) is 1.38. The Labute approximate surface area is 107 Å². The van der Waals surface area contributed by atoms with E-state index < -0.39 is 5.97 Å². The maximum atomic E-state index is 12.4. The van der Waals surface area contributed by atoms with Crippen LogP contribution in [0.4, 0.5) is 0 Å². The number of aliphatic carboxylic acids is 1. The van der Waals surface area contributed by atoms with Crippen LogP contribution in [-0.4, -0.2) is 47.1 Å². The Morgan fingerprint density at radius 3 is 2.72 bits per heavy atom. The van der Waals surface area contributed by atoms with E-state index in [1.54, 1.807) is 0 Å². The summed E-state index contributed by atoms with van der Waals surface area (Å²) in [5, 5.41) is 12.3. The van der Waals surface area contributed by atoms with Crippen molar-refractivity contribution >= 4 is 11.9 Å². The molecule has 1 amide bonds. The molecule has 0 aromatic carbocycles. The summed E-state index contributed by atoms with van der Waals surface area (Å²) in [7, 11) is 0. The summed E-state index contributed by atoms with van der Waals surface area (Å²) in [5.74, 6) is -0.205. The van der Waals surface area contributed by atoms with Crippen LogP contribution in [0, 0.1) is 11.8 Å². The molecule has 0 radical (unpaired) electrons. The zero-order chi connectivity index (χ0) is 12.7. The van der Waals surface area contributed by atoms with Crippen molar-refractivity contribution in [2.45, 2.75) is 44.2 Å². The highest BCUT2D eigenvalue weighted by atomic mass is 16.4. The number of hydrogen-bond acceptors (Lipinski definition) is 3. The number of hydrogen-bond donors (Lipinski definition) is 2. The van der Waals surface area contributed by atoms with Crippen molar-refractivity contribution in [2.24, 2.45) is 11.8 Å². The van der Waals surface area contributed by atoms with Crippen molar-refractivity contribution in [2.75, 3.05) is 13.1 Å². The van der Waals surface area contributed by atoms with Crippen LogP contribution in [0.15, 0.2) is 0 Å². The molecule has 2 bridgehead atoms. The summed E-state index contributed by atoms with van der Waals surface area (Å²) < 4.78 is 0. The van der Waals surface area contributed by atoms with Crippen LogP contribution in [0.5, 0.6) is 0 Å². The molecule has 5 nitrogen and oxygen atoms in total. The van der Waals surface area contributed by atoms with Gasteiger partial charge in [-0.1, -0.05) is 0 Å². The number of carbonyl (C=O) groups is 2. The van der Waals surface area contributed by atoms with Gasteiger partial charge in [-0.25, -0.2) is 0 Å². The van der Waals surface area contributed by atoms with Gasteiger partial charge in [-0.3, -0.25) is 9.59 Å². The molecule has 0 spiro atoms. The molecule has 3 rings (SSSR count). The highest BCUT2D eigenvalue weighted by Crippen LogP contribution is 2.35. The van der Waals surface area contributed by atoms with Gasteiger partial charge < -0.3 is 15.3 Å². The molecular weight excluding hydrogens is 232 g/mol. The predicted octanol–water partition coefficient (Wildman–Crippen LogP) is 0.450. The van der Waals surface area contributed by atoms with E-state index in [0.29, 0.717) is 18.6 Å². The van der Waals surface area contributed by atoms with Gasteiger partial charge in [0.2, 0.25) is 5.91 Å². The first-order valence-electron chi connectivity index (χ1n) is 6.90. The molecule has 3 fully saturated rings. The Morgan fingerprint density at radius 2 is 2.11 bits per heavy atom. The van der Waals surface area contributed by atoms with Crippen molar-refractivity contribution < 1.29 is 14.7 Å². The number of nitrogens with zero attached hydrogens (tertiary/aromatic N) is 1. The summed E-state index contributed by atoms with van der Waals surface area (Å²) in [6.07, 6.45) is 4.33. The number of fused-ring (bicyclic) bond motifs is 2. The SMILES string of the molecule is O=C(O)CC1CCN(C(=O)C2CC3CCC2N3)C1. The zero-order valence-electron chi connectivity index (χ0n) is 10.5. The van der Waals surface area contributed by atoms with Crippen LogP contribution >= 0.6 is 0 Å². The first-order valence-corrected chi connectivity index (χ1v) is 6.90. The molecule has 18 heavy (non-hydrogen) atoms. The molecule has 100 valence electrons. The Morgan fingerprint density at radius 1 is 1.28 bits per heavy atom. The lowest BCUT2D eigenvalue weighted by Gasteiger charge is -2.25. The van der Waals surface area contributed by atoms with Gasteiger partial charge in [-0.15, -0.1) is 0 Å². The first kappa shape index (κ1) is 12.0. The minimum atomic E-state index is -0.754.